The normalized spacial score (nSPS) is 17.4. The first-order valence-corrected chi connectivity index (χ1v) is 14.8. The summed E-state index contributed by atoms with van der Waals surface area (Å²) in [5.74, 6) is 0.519. The van der Waals surface area contributed by atoms with Crippen LogP contribution in [0.3, 0.4) is 0 Å². The number of hydrogen-bond donors (Lipinski definition) is 1. The lowest BCUT2D eigenvalue weighted by molar-refractivity contribution is -0.110. The molecule has 2 aliphatic rings. The number of rotatable bonds is 7. The molecule has 160 valence electrons. The second-order valence-corrected chi connectivity index (χ2v) is 15.5. The van der Waals surface area contributed by atoms with Crippen LogP contribution in [0.15, 0.2) is 42.5 Å². The lowest BCUT2D eigenvalue weighted by atomic mass is 10.0. The molecule has 1 N–H and O–H groups in total. The van der Waals surface area contributed by atoms with E-state index < -0.39 is 8.07 Å². The Morgan fingerprint density at radius 3 is 2.77 bits per heavy atom. The molecule has 5 nitrogen and oxygen atoms in total. The van der Waals surface area contributed by atoms with Gasteiger partial charge in [-0.25, -0.2) is 4.68 Å². The minimum atomic E-state index is -1.12. The number of ether oxygens (including phenoxy) is 1. The first kappa shape index (κ1) is 20.2. The summed E-state index contributed by atoms with van der Waals surface area (Å²) in [5, 5.41) is 9.06. The molecule has 1 saturated carbocycles. The van der Waals surface area contributed by atoms with E-state index in [-0.39, 0.29) is 5.91 Å². The molecule has 0 unspecified atom stereocenters. The summed E-state index contributed by atoms with van der Waals surface area (Å²) < 4.78 is 8.01. The highest BCUT2D eigenvalue weighted by Gasteiger charge is 2.29. The number of benzene rings is 2. The summed E-state index contributed by atoms with van der Waals surface area (Å²) in [5.41, 5.74) is 5.80. The number of aromatic nitrogens is 2. The number of para-hydroxylation sites is 1. The maximum atomic E-state index is 12.5. The third-order valence-electron chi connectivity index (χ3n) is 6.00. The lowest BCUT2D eigenvalue weighted by Gasteiger charge is -2.15. The Bertz CT molecular complexity index is 1190. The van der Waals surface area contributed by atoms with Gasteiger partial charge in [0.25, 0.3) is 5.91 Å². The van der Waals surface area contributed by atoms with Crippen molar-refractivity contribution in [2.75, 3.05) is 11.9 Å². The minimum absolute atomic E-state index is 0.0526. The molecule has 1 fully saturated rings. The topological polar surface area (TPSA) is 56.2 Å². The number of carbonyl (C=O) groups excluding carboxylic acids is 1. The van der Waals surface area contributed by atoms with Gasteiger partial charge in [0.05, 0.1) is 11.2 Å². The predicted molar refractivity (Wildman–Crippen MR) is 129 cm³/mol. The van der Waals surface area contributed by atoms with Gasteiger partial charge in [0, 0.05) is 42.8 Å². The van der Waals surface area contributed by atoms with E-state index in [2.05, 4.69) is 43.2 Å². The molecule has 1 aromatic heterocycles. The highest BCUT2D eigenvalue weighted by atomic mass is 28.3. The van der Waals surface area contributed by atoms with Gasteiger partial charge in [-0.2, -0.15) is 5.10 Å². The van der Waals surface area contributed by atoms with Crippen LogP contribution in [0.4, 0.5) is 5.69 Å². The summed E-state index contributed by atoms with van der Waals surface area (Å²) >= 11 is 0. The van der Waals surface area contributed by atoms with Gasteiger partial charge in [0.2, 0.25) is 0 Å². The summed E-state index contributed by atoms with van der Waals surface area (Å²) in [6.45, 7) is 8.33. The molecular formula is C25H29N3O2Si. The van der Waals surface area contributed by atoms with Crippen LogP contribution in [0, 0.1) is 0 Å². The summed E-state index contributed by atoms with van der Waals surface area (Å²) in [7, 11) is -1.12. The van der Waals surface area contributed by atoms with Gasteiger partial charge in [-0.3, -0.25) is 4.79 Å². The lowest BCUT2D eigenvalue weighted by Crippen LogP contribution is -2.22. The van der Waals surface area contributed by atoms with E-state index in [1.54, 1.807) is 0 Å². The van der Waals surface area contributed by atoms with Crippen molar-refractivity contribution in [1.29, 1.82) is 0 Å². The largest absolute Gasteiger partial charge is 0.360 e. The van der Waals surface area contributed by atoms with Crippen molar-refractivity contribution in [1.82, 2.24) is 9.78 Å². The molecule has 0 bridgehead atoms. The van der Waals surface area contributed by atoms with Crippen LogP contribution in [0.2, 0.25) is 25.7 Å². The van der Waals surface area contributed by atoms with E-state index in [9.17, 15) is 4.79 Å². The SMILES string of the molecule is C[Si](C)(C)CCOCn1nc(C2CC2)c2ccc(C=C3C(=O)Nc4ccccc43)cc21. The number of amides is 1. The zero-order valence-corrected chi connectivity index (χ0v) is 19.4. The number of nitrogens with zero attached hydrogens (tertiary/aromatic N) is 2. The van der Waals surface area contributed by atoms with Crippen molar-refractivity contribution in [3.63, 3.8) is 0 Å². The van der Waals surface area contributed by atoms with Crippen molar-refractivity contribution >= 4 is 42.2 Å². The van der Waals surface area contributed by atoms with Crippen molar-refractivity contribution in [2.24, 2.45) is 0 Å². The number of hydrogen-bond acceptors (Lipinski definition) is 3. The Balaban J connectivity index is 1.46. The average Bonchev–Trinajstić information content (AvgIpc) is 3.44. The second-order valence-electron chi connectivity index (χ2n) is 9.84. The van der Waals surface area contributed by atoms with Gasteiger partial charge in [-0.15, -0.1) is 0 Å². The van der Waals surface area contributed by atoms with Gasteiger partial charge in [-0.1, -0.05) is 50.0 Å². The van der Waals surface area contributed by atoms with Crippen molar-refractivity contribution < 1.29 is 9.53 Å². The van der Waals surface area contributed by atoms with Gasteiger partial charge < -0.3 is 10.1 Å². The highest BCUT2D eigenvalue weighted by Crippen LogP contribution is 2.43. The molecule has 0 spiro atoms. The van der Waals surface area contributed by atoms with Crippen LogP contribution >= 0.6 is 0 Å². The fraction of sp³-hybridized carbons (Fsp3) is 0.360. The Morgan fingerprint density at radius 1 is 1.19 bits per heavy atom. The molecular weight excluding hydrogens is 402 g/mol. The third-order valence-corrected chi connectivity index (χ3v) is 7.70. The molecule has 31 heavy (non-hydrogen) atoms. The van der Waals surface area contributed by atoms with Gasteiger partial charge >= 0.3 is 0 Å². The van der Waals surface area contributed by atoms with E-state index in [1.165, 1.54) is 23.9 Å². The summed E-state index contributed by atoms with van der Waals surface area (Å²) in [4.78, 5) is 12.5. The van der Waals surface area contributed by atoms with Crippen molar-refractivity contribution in [3.05, 3.63) is 59.3 Å². The minimum Gasteiger partial charge on any atom is -0.360 e. The summed E-state index contributed by atoms with van der Waals surface area (Å²) in [6, 6.07) is 15.3. The maximum Gasteiger partial charge on any atom is 0.256 e. The summed E-state index contributed by atoms with van der Waals surface area (Å²) in [6.07, 6.45) is 4.40. The first-order valence-electron chi connectivity index (χ1n) is 11.1. The third kappa shape index (κ3) is 4.23. The number of carbonyl (C=O) groups is 1. The zero-order chi connectivity index (χ0) is 21.6. The van der Waals surface area contributed by atoms with E-state index in [4.69, 9.17) is 9.84 Å². The van der Waals surface area contributed by atoms with Crippen LogP contribution < -0.4 is 5.32 Å². The molecule has 2 heterocycles. The smallest absolute Gasteiger partial charge is 0.256 e. The fourth-order valence-corrected chi connectivity index (χ4v) is 4.80. The van der Waals surface area contributed by atoms with Crippen LogP contribution in [-0.2, 0) is 16.3 Å². The molecule has 1 aliphatic heterocycles. The quantitative estimate of drug-likeness (QED) is 0.296. The molecule has 1 aliphatic carbocycles. The van der Waals surface area contributed by atoms with Crippen molar-refractivity contribution in [2.45, 2.75) is 51.2 Å². The number of fused-ring (bicyclic) bond motifs is 2. The zero-order valence-electron chi connectivity index (χ0n) is 18.4. The predicted octanol–water partition coefficient (Wildman–Crippen LogP) is 5.72. The van der Waals surface area contributed by atoms with E-state index in [1.807, 2.05) is 35.0 Å². The van der Waals surface area contributed by atoms with E-state index in [0.29, 0.717) is 18.2 Å². The van der Waals surface area contributed by atoms with Crippen LogP contribution in [0.5, 0.6) is 0 Å². The number of nitrogens with one attached hydrogen (secondary N) is 1. The number of anilines is 1. The molecule has 1 amide bonds. The van der Waals surface area contributed by atoms with Crippen LogP contribution in [-0.4, -0.2) is 30.4 Å². The Labute approximate surface area is 184 Å². The van der Waals surface area contributed by atoms with Crippen molar-refractivity contribution in [3.8, 4) is 0 Å². The molecule has 0 saturated heterocycles. The Kier molecular flexibility index (Phi) is 5.06. The van der Waals surface area contributed by atoms with E-state index >= 15 is 0 Å². The maximum absolute atomic E-state index is 12.5. The molecule has 3 aromatic rings. The molecule has 6 heteroatoms. The standard InChI is InChI=1S/C25H29N3O2Si/c1-31(2,3)13-12-30-16-28-23-15-17(8-11-20(23)24(27-28)18-9-10-18)14-21-19-6-4-5-7-22(19)26-25(21)29/h4-8,11,14-15,18H,9-10,12-13,16H2,1-3H3,(H,26,29). The molecule has 2 aromatic carbocycles. The molecule has 0 atom stereocenters. The van der Waals surface area contributed by atoms with Gasteiger partial charge in [0.15, 0.2) is 0 Å². The first-order chi connectivity index (χ1) is 14.9. The molecule has 0 radical (unpaired) electrons. The highest BCUT2D eigenvalue weighted by molar-refractivity contribution is 6.76. The van der Waals surface area contributed by atoms with E-state index in [0.717, 1.165) is 35.0 Å². The molecule has 5 rings (SSSR count). The Morgan fingerprint density at radius 2 is 2.00 bits per heavy atom. The fourth-order valence-electron chi connectivity index (χ4n) is 4.04. The van der Waals surface area contributed by atoms with Crippen LogP contribution in [0.25, 0.3) is 22.6 Å². The van der Waals surface area contributed by atoms with Gasteiger partial charge in [0.1, 0.15) is 6.73 Å². The average molecular weight is 432 g/mol. The monoisotopic (exact) mass is 431 g/mol. The Hall–Kier alpha value is -2.70. The second kappa shape index (κ2) is 7.77. The van der Waals surface area contributed by atoms with Crippen LogP contribution in [0.1, 0.15) is 35.6 Å². The van der Waals surface area contributed by atoms with Gasteiger partial charge in [-0.05, 0) is 42.7 Å².